The average Bonchev–Trinajstić information content (AvgIpc) is 3.12. The number of hydrogen-bond acceptors (Lipinski definition) is 6. The van der Waals surface area contributed by atoms with Crippen LogP contribution in [0.25, 0.3) is 6.08 Å². The fraction of sp³-hybridized carbons (Fsp3) is 0.107. The topological polar surface area (TPSA) is 113 Å². The minimum Gasteiger partial charge on any atom is -0.496 e. The lowest BCUT2D eigenvalue weighted by molar-refractivity contribution is -0.122. The van der Waals surface area contributed by atoms with Crippen LogP contribution < -0.4 is 15.0 Å². The van der Waals surface area contributed by atoms with Crippen LogP contribution in [-0.2, 0) is 16.1 Å². The van der Waals surface area contributed by atoms with Crippen LogP contribution >= 0.6 is 0 Å². The SMILES string of the molecule is COc1ccc(/C=C2/C(=O)NC(=O)N(c3ccccc3C)C2=O)cc1CN1C(=O)c2ccccc2C1=O. The molecular formula is C28H21N3O6. The van der Waals surface area contributed by atoms with Gasteiger partial charge >= 0.3 is 6.03 Å². The number of amides is 6. The standard InChI is InChI=1S/C28H21N3O6/c1-16-7-3-6-10-22(16)31-27(35)21(24(32)29-28(31)36)14-17-11-12-23(37-2)18(13-17)15-30-25(33)19-8-4-5-9-20(19)26(30)34/h3-14H,15H2,1-2H3,(H,29,32,36)/b21-14-. The van der Waals surface area contributed by atoms with Gasteiger partial charge in [0.15, 0.2) is 0 Å². The van der Waals surface area contributed by atoms with E-state index >= 15 is 0 Å². The minimum atomic E-state index is -0.831. The van der Waals surface area contributed by atoms with E-state index in [9.17, 15) is 24.0 Å². The number of carbonyl (C=O) groups excluding carboxylic acids is 5. The first-order valence-corrected chi connectivity index (χ1v) is 11.4. The number of nitrogens with zero attached hydrogens (tertiary/aromatic N) is 2. The lowest BCUT2D eigenvalue weighted by Gasteiger charge is -2.27. The number of imide groups is 3. The smallest absolute Gasteiger partial charge is 0.335 e. The van der Waals surface area contributed by atoms with Gasteiger partial charge in [-0.1, -0.05) is 36.4 Å². The summed E-state index contributed by atoms with van der Waals surface area (Å²) in [5.74, 6) is -1.99. The zero-order valence-electron chi connectivity index (χ0n) is 20.0. The lowest BCUT2D eigenvalue weighted by atomic mass is 10.0. The third kappa shape index (κ3) is 4.06. The molecule has 9 heteroatoms. The van der Waals surface area contributed by atoms with Crippen LogP contribution in [-0.4, -0.2) is 41.7 Å². The predicted octanol–water partition coefficient (Wildman–Crippen LogP) is 3.47. The maximum atomic E-state index is 13.3. The van der Waals surface area contributed by atoms with E-state index in [-0.39, 0.29) is 12.1 Å². The Bertz CT molecular complexity index is 1510. The number of rotatable bonds is 5. The Morgan fingerprint density at radius 2 is 1.49 bits per heavy atom. The molecule has 3 aromatic carbocycles. The van der Waals surface area contributed by atoms with Crippen molar-refractivity contribution < 1.29 is 28.7 Å². The quantitative estimate of drug-likeness (QED) is 0.330. The van der Waals surface area contributed by atoms with Crippen LogP contribution in [0.4, 0.5) is 10.5 Å². The van der Waals surface area contributed by atoms with E-state index in [1.54, 1.807) is 73.7 Å². The largest absolute Gasteiger partial charge is 0.496 e. The van der Waals surface area contributed by atoms with E-state index in [4.69, 9.17) is 4.74 Å². The monoisotopic (exact) mass is 495 g/mol. The Hall–Kier alpha value is -5.05. The summed E-state index contributed by atoms with van der Waals surface area (Å²) in [6, 6.07) is 17.5. The number of para-hydroxylation sites is 1. The molecule has 9 nitrogen and oxygen atoms in total. The molecule has 1 N–H and O–H groups in total. The molecule has 184 valence electrons. The van der Waals surface area contributed by atoms with Gasteiger partial charge in [0, 0.05) is 5.56 Å². The Kier molecular flexibility index (Phi) is 5.88. The van der Waals surface area contributed by atoms with Crippen LogP contribution in [0, 0.1) is 6.92 Å². The number of barbiturate groups is 1. The summed E-state index contributed by atoms with van der Waals surface area (Å²) in [5.41, 5.74) is 2.42. The number of aryl methyl sites for hydroxylation is 1. The summed E-state index contributed by atoms with van der Waals surface area (Å²) in [6.45, 7) is 1.69. The van der Waals surface area contributed by atoms with E-state index in [0.717, 1.165) is 9.80 Å². The number of anilines is 1. The minimum absolute atomic E-state index is 0.0690. The van der Waals surface area contributed by atoms with Gasteiger partial charge in [-0.2, -0.15) is 0 Å². The molecular weight excluding hydrogens is 474 g/mol. The van der Waals surface area contributed by atoms with Crippen LogP contribution in [0.1, 0.15) is 37.4 Å². The summed E-state index contributed by atoms with van der Waals surface area (Å²) in [6.07, 6.45) is 1.36. The molecule has 1 fully saturated rings. The summed E-state index contributed by atoms with van der Waals surface area (Å²) in [4.78, 5) is 66.1. The van der Waals surface area contributed by atoms with Gasteiger partial charge < -0.3 is 4.74 Å². The molecule has 6 amide bonds. The number of fused-ring (bicyclic) bond motifs is 1. The third-order valence-electron chi connectivity index (χ3n) is 6.28. The second-order valence-electron chi connectivity index (χ2n) is 8.56. The molecule has 5 rings (SSSR count). The highest BCUT2D eigenvalue weighted by Crippen LogP contribution is 2.30. The molecule has 0 saturated carbocycles. The molecule has 0 atom stereocenters. The van der Waals surface area contributed by atoms with Gasteiger partial charge in [0.1, 0.15) is 11.3 Å². The lowest BCUT2D eigenvalue weighted by Crippen LogP contribution is -2.54. The van der Waals surface area contributed by atoms with Crippen LogP contribution in [0.5, 0.6) is 5.75 Å². The van der Waals surface area contributed by atoms with E-state index in [1.165, 1.54) is 13.2 Å². The number of benzene rings is 3. The third-order valence-corrected chi connectivity index (χ3v) is 6.28. The first kappa shape index (κ1) is 23.7. The van der Waals surface area contributed by atoms with Crippen molar-refractivity contribution in [2.24, 2.45) is 0 Å². The Balaban J connectivity index is 1.49. The van der Waals surface area contributed by atoms with Crippen molar-refractivity contribution in [1.82, 2.24) is 10.2 Å². The van der Waals surface area contributed by atoms with E-state index < -0.39 is 29.7 Å². The second-order valence-corrected chi connectivity index (χ2v) is 8.56. The first-order valence-electron chi connectivity index (χ1n) is 11.4. The number of carbonyl (C=O) groups is 5. The maximum Gasteiger partial charge on any atom is 0.335 e. The molecule has 0 unspecified atom stereocenters. The second kappa shape index (κ2) is 9.19. The van der Waals surface area contributed by atoms with Gasteiger partial charge in [-0.3, -0.25) is 29.4 Å². The summed E-state index contributed by atoms with van der Waals surface area (Å²) >= 11 is 0. The number of hydrogen-bond donors (Lipinski definition) is 1. The van der Waals surface area contributed by atoms with Gasteiger partial charge in [-0.15, -0.1) is 0 Å². The maximum absolute atomic E-state index is 13.3. The number of urea groups is 1. The zero-order chi connectivity index (χ0) is 26.3. The molecule has 1 saturated heterocycles. The van der Waals surface area contributed by atoms with Crippen molar-refractivity contribution in [2.45, 2.75) is 13.5 Å². The molecule has 37 heavy (non-hydrogen) atoms. The Morgan fingerprint density at radius 3 is 2.14 bits per heavy atom. The van der Waals surface area contributed by atoms with Crippen molar-refractivity contribution in [2.75, 3.05) is 12.0 Å². The van der Waals surface area contributed by atoms with E-state index in [1.807, 2.05) is 0 Å². The van der Waals surface area contributed by atoms with Gasteiger partial charge in [0.25, 0.3) is 23.6 Å². The molecule has 2 aliphatic heterocycles. The Labute approximate surface area is 211 Å². The summed E-state index contributed by atoms with van der Waals surface area (Å²) in [7, 11) is 1.46. The van der Waals surface area contributed by atoms with Crippen LogP contribution in [0.3, 0.4) is 0 Å². The van der Waals surface area contributed by atoms with E-state index in [0.29, 0.717) is 39.3 Å². The predicted molar refractivity (Wildman–Crippen MR) is 134 cm³/mol. The highest BCUT2D eigenvalue weighted by molar-refractivity contribution is 6.39. The molecule has 2 heterocycles. The molecule has 0 aliphatic carbocycles. The number of ether oxygens (including phenoxy) is 1. The normalized spacial score (nSPS) is 16.4. The first-order chi connectivity index (χ1) is 17.8. The summed E-state index contributed by atoms with van der Waals surface area (Å²) < 4.78 is 5.42. The molecule has 0 bridgehead atoms. The van der Waals surface area contributed by atoms with Crippen LogP contribution in [0.2, 0.25) is 0 Å². The van der Waals surface area contributed by atoms with Crippen molar-refractivity contribution in [3.8, 4) is 5.75 Å². The van der Waals surface area contributed by atoms with Crippen LogP contribution in [0.15, 0.2) is 72.3 Å². The van der Waals surface area contributed by atoms with Crippen molar-refractivity contribution in [1.29, 1.82) is 0 Å². The highest BCUT2D eigenvalue weighted by atomic mass is 16.5. The zero-order valence-corrected chi connectivity index (χ0v) is 20.0. The van der Waals surface area contributed by atoms with Crippen molar-refractivity contribution in [3.05, 3.63) is 100 Å². The number of nitrogens with one attached hydrogen (secondary N) is 1. The molecule has 0 aromatic heterocycles. The van der Waals surface area contributed by atoms with E-state index in [2.05, 4.69) is 5.32 Å². The summed E-state index contributed by atoms with van der Waals surface area (Å²) in [5, 5.41) is 2.21. The molecule has 2 aliphatic rings. The number of methoxy groups -OCH3 is 1. The highest BCUT2D eigenvalue weighted by Gasteiger charge is 2.38. The van der Waals surface area contributed by atoms with Gasteiger partial charge in [-0.05, 0) is 54.5 Å². The van der Waals surface area contributed by atoms with Gasteiger partial charge in [0.05, 0.1) is 30.5 Å². The van der Waals surface area contributed by atoms with Crippen molar-refractivity contribution >= 4 is 41.4 Å². The van der Waals surface area contributed by atoms with Gasteiger partial charge in [0.2, 0.25) is 0 Å². The molecule has 3 aromatic rings. The fourth-order valence-electron chi connectivity index (χ4n) is 4.42. The van der Waals surface area contributed by atoms with Crippen molar-refractivity contribution in [3.63, 3.8) is 0 Å². The Morgan fingerprint density at radius 1 is 0.838 bits per heavy atom. The molecule has 0 radical (unpaired) electrons. The average molecular weight is 495 g/mol. The fourth-order valence-corrected chi connectivity index (χ4v) is 4.42. The molecule has 0 spiro atoms. The van der Waals surface area contributed by atoms with Gasteiger partial charge in [-0.25, -0.2) is 9.69 Å².